The molecule has 1 aliphatic carbocycles. The van der Waals surface area contributed by atoms with Crippen molar-refractivity contribution >= 4 is 0 Å². The molecule has 0 aromatic heterocycles. The van der Waals surface area contributed by atoms with E-state index in [0.717, 1.165) is 24.6 Å². The van der Waals surface area contributed by atoms with E-state index < -0.39 is 0 Å². The molecule has 1 fully saturated rings. The Hall–Kier alpha value is -1.02. The molecular weight excluding hydrogens is 222 g/mol. The molecule has 0 saturated heterocycles. The van der Waals surface area contributed by atoms with Gasteiger partial charge in [-0.2, -0.15) is 0 Å². The van der Waals surface area contributed by atoms with Crippen molar-refractivity contribution in [3.05, 3.63) is 29.8 Å². The van der Waals surface area contributed by atoms with Crippen molar-refractivity contribution in [2.24, 2.45) is 5.92 Å². The summed E-state index contributed by atoms with van der Waals surface area (Å²) in [4.78, 5) is 0. The lowest BCUT2D eigenvalue weighted by atomic mass is 9.99. The van der Waals surface area contributed by atoms with Gasteiger partial charge >= 0.3 is 0 Å². The van der Waals surface area contributed by atoms with Crippen LogP contribution in [-0.4, -0.2) is 18.7 Å². The number of hydrogen-bond acceptors (Lipinski definition) is 2. The highest BCUT2D eigenvalue weighted by molar-refractivity contribution is 5.37. The molecule has 98 valence electrons. The maximum absolute atomic E-state index is 5.96. The van der Waals surface area contributed by atoms with E-state index in [-0.39, 0.29) is 0 Å². The zero-order valence-electron chi connectivity index (χ0n) is 11.2. The lowest BCUT2D eigenvalue weighted by Crippen LogP contribution is -2.39. The Morgan fingerprint density at radius 1 is 1.28 bits per heavy atom. The van der Waals surface area contributed by atoms with Gasteiger partial charge in [0.2, 0.25) is 0 Å². The van der Waals surface area contributed by atoms with E-state index in [4.69, 9.17) is 4.74 Å². The normalized spacial score (nSPS) is 24.8. The first-order chi connectivity index (χ1) is 8.83. The number of para-hydroxylation sites is 1. The Morgan fingerprint density at radius 2 is 2.06 bits per heavy atom. The van der Waals surface area contributed by atoms with Crippen LogP contribution in [0.15, 0.2) is 24.3 Å². The van der Waals surface area contributed by atoms with Gasteiger partial charge in [-0.3, -0.25) is 0 Å². The minimum Gasteiger partial charge on any atom is -0.488 e. The quantitative estimate of drug-likeness (QED) is 0.880. The molecule has 1 aromatic carbocycles. The first-order valence-corrected chi connectivity index (χ1v) is 7.31. The van der Waals surface area contributed by atoms with Gasteiger partial charge in [-0.25, -0.2) is 0 Å². The monoisotopic (exact) mass is 245 g/mol. The van der Waals surface area contributed by atoms with E-state index >= 15 is 0 Å². The Balaban J connectivity index is 1.48. The van der Waals surface area contributed by atoms with Crippen molar-refractivity contribution in [2.45, 2.75) is 51.2 Å². The first-order valence-electron chi connectivity index (χ1n) is 7.31. The van der Waals surface area contributed by atoms with Crippen molar-refractivity contribution < 1.29 is 4.74 Å². The van der Waals surface area contributed by atoms with E-state index in [9.17, 15) is 0 Å². The lowest BCUT2D eigenvalue weighted by molar-refractivity contribution is 0.214. The molecule has 18 heavy (non-hydrogen) atoms. The van der Waals surface area contributed by atoms with Crippen molar-refractivity contribution in [3.8, 4) is 5.75 Å². The molecule has 2 aliphatic rings. The molecule has 0 bridgehead atoms. The van der Waals surface area contributed by atoms with Gasteiger partial charge in [0.05, 0.1) is 0 Å². The number of ether oxygens (including phenoxy) is 1. The van der Waals surface area contributed by atoms with Crippen molar-refractivity contribution in [1.29, 1.82) is 0 Å². The highest BCUT2D eigenvalue weighted by atomic mass is 16.5. The average molecular weight is 245 g/mol. The van der Waals surface area contributed by atoms with Crippen LogP contribution >= 0.6 is 0 Å². The summed E-state index contributed by atoms with van der Waals surface area (Å²) in [5.41, 5.74) is 1.36. The number of hydrogen-bond donors (Lipinski definition) is 1. The summed E-state index contributed by atoms with van der Waals surface area (Å²) in [6, 6.07) is 9.04. The van der Waals surface area contributed by atoms with E-state index in [1.807, 2.05) is 0 Å². The number of nitrogens with one attached hydrogen (secondary N) is 1. The predicted molar refractivity (Wildman–Crippen MR) is 74.0 cm³/mol. The Kier molecular flexibility index (Phi) is 3.55. The number of fused-ring (bicyclic) bond motifs is 1. The zero-order chi connectivity index (χ0) is 12.4. The van der Waals surface area contributed by atoms with E-state index in [1.165, 1.54) is 31.2 Å². The summed E-state index contributed by atoms with van der Waals surface area (Å²) in [5.74, 6) is 1.96. The average Bonchev–Trinajstić information content (AvgIpc) is 3.04. The summed E-state index contributed by atoms with van der Waals surface area (Å²) in [6.07, 6.45) is 7.02. The van der Waals surface area contributed by atoms with E-state index in [2.05, 4.69) is 36.5 Å². The second-order valence-electron chi connectivity index (χ2n) is 5.79. The summed E-state index contributed by atoms with van der Waals surface area (Å²) in [7, 11) is 0. The summed E-state index contributed by atoms with van der Waals surface area (Å²) < 4.78 is 5.96. The first kappa shape index (κ1) is 12.0. The van der Waals surface area contributed by atoms with Gasteiger partial charge in [-0.05, 0) is 37.3 Å². The van der Waals surface area contributed by atoms with Crippen LogP contribution in [0.1, 0.15) is 38.2 Å². The van der Waals surface area contributed by atoms with Crippen LogP contribution in [0, 0.1) is 5.92 Å². The van der Waals surface area contributed by atoms with Crippen LogP contribution in [0.2, 0.25) is 0 Å². The number of benzene rings is 1. The fourth-order valence-electron chi connectivity index (χ4n) is 3.31. The molecule has 2 heteroatoms. The second-order valence-corrected chi connectivity index (χ2v) is 5.79. The van der Waals surface area contributed by atoms with Crippen LogP contribution in [0.4, 0.5) is 0 Å². The van der Waals surface area contributed by atoms with E-state index in [0.29, 0.717) is 12.1 Å². The SMILES string of the molecule is CC(NCC1Cc2ccccc2O1)C1CCCC1. The van der Waals surface area contributed by atoms with Gasteiger partial charge in [0.1, 0.15) is 11.9 Å². The van der Waals surface area contributed by atoms with Crippen LogP contribution in [0.3, 0.4) is 0 Å². The maximum atomic E-state index is 5.96. The van der Waals surface area contributed by atoms with E-state index in [1.54, 1.807) is 0 Å². The van der Waals surface area contributed by atoms with Crippen LogP contribution in [0.25, 0.3) is 0 Å². The van der Waals surface area contributed by atoms with Gasteiger partial charge < -0.3 is 10.1 Å². The third kappa shape index (κ3) is 2.54. The van der Waals surface area contributed by atoms with Crippen LogP contribution in [0.5, 0.6) is 5.75 Å². The summed E-state index contributed by atoms with van der Waals surface area (Å²) >= 11 is 0. The maximum Gasteiger partial charge on any atom is 0.123 e. The Morgan fingerprint density at radius 3 is 2.83 bits per heavy atom. The van der Waals surface area contributed by atoms with Gasteiger partial charge in [-0.15, -0.1) is 0 Å². The minimum atomic E-state index is 0.325. The minimum absolute atomic E-state index is 0.325. The largest absolute Gasteiger partial charge is 0.488 e. The molecule has 3 rings (SSSR count). The lowest BCUT2D eigenvalue weighted by Gasteiger charge is -2.22. The molecule has 1 heterocycles. The molecule has 1 aliphatic heterocycles. The third-order valence-corrected chi connectivity index (χ3v) is 4.49. The van der Waals surface area contributed by atoms with Gasteiger partial charge in [0.25, 0.3) is 0 Å². The second kappa shape index (κ2) is 5.31. The molecule has 2 atom stereocenters. The fraction of sp³-hybridized carbons (Fsp3) is 0.625. The zero-order valence-corrected chi connectivity index (χ0v) is 11.2. The van der Waals surface area contributed by atoms with Crippen molar-refractivity contribution in [1.82, 2.24) is 5.32 Å². The molecule has 1 saturated carbocycles. The molecule has 0 amide bonds. The molecule has 2 unspecified atom stereocenters. The topological polar surface area (TPSA) is 21.3 Å². The molecule has 1 aromatic rings. The smallest absolute Gasteiger partial charge is 0.123 e. The highest BCUT2D eigenvalue weighted by Gasteiger charge is 2.25. The molecule has 0 radical (unpaired) electrons. The Labute approximate surface area is 110 Å². The van der Waals surface area contributed by atoms with Gasteiger partial charge in [0.15, 0.2) is 0 Å². The molecule has 1 N–H and O–H groups in total. The predicted octanol–water partition coefficient (Wildman–Crippen LogP) is 3.16. The van der Waals surface area contributed by atoms with Crippen LogP contribution < -0.4 is 10.1 Å². The Bertz CT molecular complexity index is 373. The van der Waals surface area contributed by atoms with Crippen LogP contribution in [-0.2, 0) is 6.42 Å². The fourth-order valence-corrected chi connectivity index (χ4v) is 3.31. The van der Waals surface area contributed by atoms with Crippen molar-refractivity contribution in [2.75, 3.05) is 6.54 Å². The standard InChI is InChI=1S/C16H23NO/c1-12(13-6-2-3-7-13)17-11-15-10-14-8-4-5-9-16(14)18-15/h4-5,8-9,12-13,15,17H,2-3,6-7,10-11H2,1H3. The summed E-state index contributed by atoms with van der Waals surface area (Å²) in [5, 5.41) is 3.68. The molecule has 2 nitrogen and oxygen atoms in total. The van der Waals surface area contributed by atoms with Crippen molar-refractivity contribution in [3.63, 3.8) is 0 Å². The number of rotatable bonds is 4. The molecular formula is C16H23NO. The van der Waals surface area contributed by atoms with Gasteiger partial charge in [-0.1, -0.05) is 31.0 Å². The highest BCUT2D eigenvalue weighted by Crippen LogP contribution is 2.29. The van der Waals surface area contributed by atoms with Gasteiger partial charge in [0, 0.05) is 19.0 Å². The summed E-state index contributed by atoms with van der Waals surface area (Å²) in [6.45, 7) is 3.31. The third-order valence-electron chi connectivity index (χ3n) is 4.49. The molecule has 0 spiro atoms.